The zero-order valence-corrected chi connectivity index (χ0v) is 25.0. The number of halogens is 1. The number of rotatable bonds is 5. The number of fused-ring (bicyclic) bond motifs is 1. The largest absolute Gasteiger partial charge is 0.444 e. The summed E-state index contributed by atoms with van der Waals surface area (Å²) in [5, 5.41) is 4.34. The topological polar surface area (TPSA) is 84.0 Å². The van der Waals surface area contributed by atoms with Crippen molar-refractivity contribution in [1.29, 1.82) is 0 Å². The highest BCUT2D eigenvalue weighted by atomic mass is 35.5. The first-order valence-electron chi connectivity index (χ1n) is 13.7. The van der Waals surface area contributed by atoms with E-state index in [1.807, 2.05) is 53.7 Å². The highest BCUT2D eigenvalue weighted by Crippen LogP contribution is 2.31. The van der Waals surface area contributed by atoms with Crippen LogP contribution in [-0.2, 0) is 15.9 Å². The van der Waals surface area contributed by atoms with Gasteiger partial charge in [-0.05, 0) is 82.9 Å². The molecule has 0 unspecified atom stereocenters. The van der Waals surface area contributed by atoms with Crippen molar-refractivity contribution >= 4 is 40.5 Å². The molecule has 214 valence electrons. The molecule has 1 aromatic heterocycles. The lowest BCUT2D eigenvalue weighted by Gasteiger charge is -2.36. The van der Waals surface area contributed by atoms with E-state index in [0.29, 0.717) is 44.2 Å². The number of amides is 2. The van der Waals surface area contributed by atoms with Gasteiger partial charge in [0.05, 0.1) is 10.5 Å². The number of alkyl carbamates (subject to hydrolysis) is 1. The summed E-state index contributed by atoms with van der Waals surface area (Å²) in [4.78, 5) is 32.9. The van der Waals surface area contributed by atoms with Crippen LogP contribution in [0.25, 0.3) is 22.0 Å². The summed E-state index contributed by atoms with van der Waals surface area (Å²) in [6.45, 7) is 14.0. The molecular weight excluding hydrogens is 528 g/mol. The summed E-state index contributed by atoms with van der Waals surface area (Å²) < 4.78 is 10.8. The lowest BCUT2D eigenvalue weighted by Crippen LogP contribution is -2.50. The molecule has 0 saturated carbocycles. The van der Waals surface area contributed by atoms with E-state index in [-0.39, 0.29) is 6.09 Å². The average Bonchev–Trinajstić information content (AvgIpc) is 2.86. The first-order valence-corrected chi connectivity index (χ1v) is 14.0. The number of aromatic nitrogens is 1. The number of hydrogen-bond donors (Lipinski definition) is 1. The van der Waals surface area contributed by atoms with Crippen molar-refractivity contribution in [2.45, 2.75) is 59.2 Å². The second-order valence-corrected chi connectivity index (χ2v) is 12.4. The van der Waals surface area contributed by atoms with Crippen LogP contribution >= 0.6 is 11.6 Å². The van der Waals surface area contributed by atoms with Crippen molar-refractivity contribution in [3.05, 3.63) is 59.1 Å². The Morgan fingerprint density at radius 3 is 2.12 bits per heavy atom. The van der Waals surface area contributed by atoms with Crippen LogP contribution in [0.2, 0.25) is 5.02 Å². The van der Waals surface area contributed by atoms with Gasteiger partial charge >= 0.3 is 12.2 Å². The number of hydrogen-bond acceptors (Lipinski definition) is 6. The number of nitrogens with one attached hydrogen (secondary N) is 1. The van der Waals surface area contributed by atoms with Gasteiger partial charge < -0.3 is 24.6 Å². The number of anilines is 1. The predicted molar refractivity (Wildman–Crippen MR) is 160 cm³/mol. The van der Waals surface area contributed by atoms with Gasteiger partial charge in [0, 0.05) is 38.1 Å². The van der Waals surface area contributed by atoms with Crippen LogP contribution in [0.5, 0.6) is 0 Å². The Hall–Kier alpha value is -3.52. The van der Waals surface area contributed by atoms with Crippen LogP contribution in [0, 0.1) is 0 Å². The van der Waals surface area contributed by atoms with E-state index in [1.54, 1.807) is 4.90 Å². The minimum absolute atomic E-state index is 0.289. The van der Waals surface area contributed by atoms with E-state index < -0.39 is 17.3 Å². The van der Waals surface area contributed by atoms with Gasteiger partial charge in [0.2, 0.25) is 0 Å². The van der Waals surface area contributed by atoms with E-state index in [9.17, 15) is 9.59 Å². The third-order valence-electron chi connectivity index (χ3n) is 6.35. The van der Waals surface area contributed by atoms with Crippen molar-refractivity contribution in [2.24, 2.45) is 0 Å². The number of pyridine rings is 1. The van der Waals surface area contributed by atoms with Gasteiger partial charge in [-0.2, -0.15) is 0 Å². The maximum absolute atomic E-state index is 12.4. The van der Waals surface area contributed by atoms with Gasteiger partial charge in [-0.3, -0.25) is 0 Å². The van der Waals surface area contributed by atoms with Gasteiger partial charge in [0.15, 0.2) is 0 Å². The van der Waals surface area contributed by atoms with Crippen molar-refractivity contribution in [1.82, 2.24) is 15.2 Å². The fraction of sp³-hybridized carbons (Fsp3) is 0.452. The van der Waals surface area contributed by atoms with E-state index in [0.717, 1.165) is 33.4 Å². The zero-order valence-electron chi connectivity index (χ0n) is 24.2. The molecule has 8 nitrogen and oxygen atoms in total. The van der Waals surface area contributed by atoms with Gasteiger partial charge in [0.25, 0.3) is 0 Å². The minimum Gasteiger partial charge on any atom is -0.444 e. The summed E-state index contributed by atoms with van der Waals surface area (Å²) in [5.41, 5.74) is 3.13. The zero-order chi connectivity index (χ0) is 29.1. The monoisotopic (exact) mass is 566 g/mol. The standard InChI is InChI=1S/C31H39ClN4O4/c1-30(2,3)39-28(37)33-14-13-21-7-9-22(10-8-21)23-11-12-26-24(19-23)20-25(32)27(34-26)35-15-17-36(18-16-35)29(38)40-31(4,5)6/h7-12,19-20H,13-18H2,1-6H3,(H,33,37). The fourth-order valence-electron chi connectivity index (χ4n) is 4.46. The molecule has 0 aliphatic carbocycles. The Morgan fingerprint density at radius 1 is 0.875 bits per heavy atom. The summed E-state index contributed by atoms with van der Waals surface area (Å²) in [6, 6.07) is 16.4. The molecule has 2 amide bonds. The highest BCUT2D eigenvalue weighted by molar-refractivity contribution is 6.33. The molecule has 1 N–H and O–H groups in total. The van der Waals surface area contributed by atoms with Gasteiger partial charge in [-0.25, -0.2) is 14.6 Å². The van der Waals surface area contributed by atoms with Gasteiger partial charge in [-0.1, -0.05) is 41.9 Å². The van der Waals surface area contributed by atoms with Crippen LogP contribution in [0.15, 0.2) is 48.5 Å². The molecule has 1 fully saturated rings. The van der Waals surface area contributed by atoms with Crippen LogP contribution in [-0.4, -0.2) is 66.0 Å². The summed E-state index contributed by atoms with van der Waals surface area (Å²) in [5.74, 6) is 0.732. The average molecular weight is 567 g/mol. The molecule has 1 aliphatic heterocycles. The number of piperazine rings is 1. The van der Waals surface area contributed by atoms with E-state index in [1.165, 1.54) is 0 Å². The lowest BCUT2D eigenvalue weighted by atomic mass is 10.0. The number of benzene rings is 2. The SMILES string of the molecule is CC(C)(C)OC(=O)NCCc1ccc(-c2ccc3nc(N4CCN(C(=O)OC(C)(C)C)CC4)c(Cl)cc3c2)cc1. The molecule has 2 heterocycles. The number of carbonyl (C=O) groups excluding carboxylic acids is 2. The number of carbonyl (C=O) groups is 2. The third-order valence-corrected chi connectivity index (χ3v) is 6.63. The fourth-order valence-corrected chi connectivity index (χ4v) is 4.74. The molecule has 40 heavy (non-hydrogen) atoms. The first-order chi connectivity index (χ1) is 18.8. The molecule has 0 atom stereocenters. The quantitative estimate of drug-likeness (QED) is 0.371. The van der Waals surface area contributed by atoms with Crippen LogP contribution < -0.4 is 10.2 Å². The van der Waals surface area contributed by atoms with Gasteiger partial charge in [0.1, 0.15) is 17.0 Å². The van der Waals surface area contributed by atoms with Crippen LogP contribution in [0.1, 0.15) is 47.1 Å². The molecule has 9 heteroatoms. The second-order valence-electron chi connectivity index (χ2n) is 12.0. The Kier molecular flexibility index (Phi) is 8.78. The second kappa shape index (κ2) is 11.9. The van der Waals surface area contributed by atoms with Crippen molar-refractivity contribution in [3.63, 3.8) is 0 Å². The molecule has 0 spiro atoms. The Bertz CT molecular complexity index is 1350. The Morgan fingerprint density at radius 2 is 1.50 bits per heavy atom. The number of ether oxygens (including phenoxy) is 2. The van der Waals surface area contributed by atoms with Gasteiger partial charge in [-0.15, -0.1) is 0 Å². The summed E-state index contributed by atoms with van der Waals surface area (Å²) >= 11 is 6.70. The Labute approximate surface area is 241 Å². The highest BCUT2D eigenvalue weighted by Gasteiger charge is 2.27. The number of nitrogens with zero attached hydrogens (tertiary/aromatic N) is 3. The normalized spacial score (nSPS) is 14.3. The first kappa shape index (κ1) is 29.5. The molecule has 4 rings (SSSR count). The van der Waals surface area contributed by atoms with E-state index >= 15 is 0 Å². The minimum atomic E-state index is -0.515. The molecule has 0 radical (unpaired) electrons. The predicted octanol–water partition coefficient (Wildman–Crippen LogP) is 6.68. The maximum Gasteiger partial charge on any atom is 0.410 e. The maximum atomic E-state index is 12.4. The molecule has 1 aliphatic rings. The summed E-state index contributed by atoms with van der Waals surface area (Å²) in [7, 11) is 0. The molecule has 0 bridgehead atoms. The van der Waals surface area contributed by atoms with Crippen molar-refractivity contribution in [3.8, 4) is 11.1 Å². The van der Waals surface area contributed by atoms with Crippen molar-refractivity contribution in [2.75, 3.05) is 37.6 Å². The molecule has 2 aromatic carbocycles. The Balaban J connectivity index is 1.38. The molecule has 3 aromatic rings. The van der Waals surface area contributed by atoms with E-state index in [2.05, 4.69) is 46.6 Å². The van der Waals surface area contributed by atoms with E-state index in [4.69, 9.17) is 26.1 Å². The van der Waals surface area contributed by atoms with Crippen LogP contribution in [0.3, 0.4) is 0 Å². The lowest BCUT2D eigenvalue weighted by molar-refractivity contribution is 0.0240. The smallest absolute Gasteiger partial charge is 0.410 e. The molecular formula is C31H39ClN4O4. The van der Waals surface area contributed by atoms with Crippen LogP contribution in [0.4, 0.5) is 15.4 Å². The third kappa shape index (κ3) is 8.01. The molecule has 1 saturated heterocycles. The van der Waals surface area contributed by atoms with Crippen molar-refractivity contribution < 1.29 is 19.1 Å². The summed E-state index contributed by atoms with van der Waals surface area (Å²) in [6.07, 6.45) is 0.0208.